The monoisotopic (exact) mass is 303 g/mol. The van der Waals surface area contributed by atoms with Crippen LogP contribution in [0, 0.1) is 5.92 Å². The van der Waals surface area contributed by atoms with Crippen molar-refractivity contribution >= 4 is 34.9 Å². The molecule has 0 aliphatic rings. The van der Waals surface area contributed by atoms with Crippen molar-refractivity contribution in [3.63, 3.8) is 0 Å². The van der Waals surface area contributed by atoms with Crippen LogP contribution < -0.4 is 4.90 Å². The lowest BCUT2D eigenvalue weighted by atomic mass is 10.1. The normalized spacial score (nSPS) is 10.8. The number of nitrogens with zero attached hydrogens (tertiary/aromatic N) is 1. The highest BCUT2D eigenvalue weighted by Crippen LogP contribution is 2.29. The second-order valence-electron chi connectivity index (χ2n) is 4.91. The van der Waals surface area contributed by atoms with E-state index in [-0.39, 0.29) is 6.42 Å². The van der Waals surface area contributed by atoms with Gasteiger partial charge < -0.3 is 10.0 Å². The fraction of sp³-hybridized carbons (Fsp3) is 0.500. The molecule has 0 saturated heterocycles. The van der Waals surface area contributed by atoms with Crippen LogP contribution in [-0.2, 0) is 4.79 Å². The molecule has 0 heterocycles. The molecule has 0 aliphatic heterocycles. The smallest absolute Gasteiger partial charge is 0.305 e. The summed E-state index contributed by atoms with van der Waals surface area (Å²) in [6, 6.07) is 5.25. The zero-order valence-corrected chi connectivity index (χ0v) is 12.7. The maximum atomic E-state index is 10.7. The highest BCUT2D eigenvalue weighted by molar-refractivity contribution is 6.35. The first-order valence-corrected chi connectivity index (χ1v) is 7.07. The Bertz CT molecular complexity index is 435. The molecule has 0 bridgehead atoms. The van der Waals surface area contributed by atoms with Crippen LogP contribution in [0.2, 0.25) is 10.0 Å². The third kappa shape index (κ3) is 5.70. The molecule has 0 saturated carbocycles. The molecule has 106 valence electrons. The van der Waals surface area contributed by atoms with Gasteiger partial charge in [-0.15, -0.1) is 0 Å². The molecule has 0 aromatic heterocycles. The minimum Gasteiger partial charge on any atom is -0.481 e. The van der Waals surface area contributed by atoms with E-state index in [1.807, 2.05) is 4.90 Å². The van der Waals surface area contributed by atoms with Gasteiger partial charge in [0.15, 0.2) is 0 Å². The Morgan fingerprint density at radius 2 is 2.00 bits per heavy atom. The number of aliphatic carboxylic acids is 1. The topological polar surface area (TPSA) is 40.5 Å². The Morgan fingerprint density at radius 1 is 1.32 bits per heavy atom. The average Bonchev–Trinajstić information content (AvgIpc) is 2.32. The number of anilines is 1. The number of rotatable bonds is 7. The van der Waals surface area contributed by atoms with Gasteiger partial charge in [0.25, 0.3) is 0 Å². The quantitative estimate of drug-likeness (QED) is 0.815. The van der Waals surface area contributed by atoms with Gasteiger partial charge in [-0.3, -0.25) is 4.79 Å². The molecule has 1 aromatic rings. The molecule has 0 spiro atoms. The van der Waals surface area contributed by atoms with Crippen LogP contribution in [0.5, 0.6) is 0 Å². The summed E-state index contributed by atoms with van der Waals surface area (Å²) in [5.74, 6) is -0.266. The summed E-state index contributed by atoms with van der Waals surface area (Å²) in [5, 5.41) is 10.0. The van der Waals surface area contributed by atoms with E-state index in [0.29, 0.717) is 22.5 Å². The summed E-state index contributed by atoms with van der Waals surface area (Å²) < 4.78 is 0. The van der Waals surface area contributed by atoms with E-state index in [1.54, 1.807) is 18.2 Å². The van der Waals surface area contributed by atoms with Gasteiger partial charge in [0.1, 0.15) is 0 Å². The van der Waals surface area contributed by atoms with Crippen molar-refractivity contribution < 1.29 is 9.90 Å². The molecule has 0 amide bonds. The highest BCUT2D eigenvalue weighted by Gasteiger charge is 2.13. The van der Waals surface area contributed by atoms with Gasteiger partial charge >= 0.3 is 5.97 Å². The molecule has 0 fully saturated rings. The van der Waals surface area contributed by atoms with Crippen LogP contribution in [0.25, 0.3) is 0 Å². The Morgan fingerprint density at radius 3 is 2.58 bits per heavy atom. The van der Waals surface area contributed by atoms with E-state index in [9.17, 15) is 4.79 Å². The number of halogens is 2. The molecule has 1 aromatic carbocycles. The number of hydrogen-bond donors (Lipinski definition) is 1. The van der Waals surface area contributed by atoms with E-state index < -0.39 is 5.97 Å². The number of carboxylic acids is 1. The third-order valence-corrected chi connectivity index (χ3v) is 3.38. The second kappa shape index (κ2) is 7.61. The summed E-state index contributed by atoms with van der Waals surface area (Å²) in [5.41, 5.74) is 0.802. The molecule has 1 rings (SSSR count). The second-order valence-corrected chi connectivity index (χ2v) is 5.75. The Kier molecular flexibility index (Phi) is 6.46. The standard InChI is InChI=1S/C14H19Cl2NO2/c1-10(2)5-7-17(8-6-14(18)19)13-9-11(15)3-4-12(13)16/h3-4,9-10H,5-8H2,1-2H3,(H,18,19). The van der Waals surface area contributed by atoms with Gasteiger partial charge in [-0.25, -0.2) is 0 Å². The largest absolute Gasteiger partial charge is 0.481 e. The number of hydrogen-bond acceptors (Lipinski definition) is 2. The van der Waals surface area contributed by atoms with Gasteiger partial charge in [-0.2, -0.15) is 0 Å². The molecule has 5 heteroatoms. The lowest BCUT2D eigenvalue weighted by molar-refractivity contribution is -0.136. The van der Waals surface area contributed by atoms with Crippen molar-refractivity contribution in [2.45, 2.75) is 26.7 Å². The summed E-state index contributed by atoms with van der Waals surface area (Å²) in [4.78, 5) is 12.7. The summed E-state index contributed by atoms with van der Waals surface area (Å²) in [6.45, 7) is 5.47. The first-order valence-electron chi connectivity index (χ1n) is 6.32. The van der Waals surface area contributed by atoms with Gasteiger partial charge in [-0.1, -0.05) is 37.0 Å². The SMILES string of the molecule is CC(C)CCN(CCC(=O)O)c1cc(Cl)ccc1Cl. The van der Waals surface area contributed by atoms with Crippen molar-refractivity contribution in [1.29, 1.82) is 0 Å². The molecular weight excluding hydrogens is 285 g/mol. The van der Waals surface area contributed by atoms with Gasteiger partial charge in [0, 0.05) is 18.1 Å². The highest BCUT2D eigenvalue weighted by atomic mass is 35.5. The van der Waals surface area contributed by atoms with E-state index >= 15 is 0 Å². The summed E-state index contributed by atoms with van der Waals surface area (Å²) in [7, 11) is 0. The van der Waals surface area contributed by atoms with Gasteiger partial charge in [0.2, 0.25) is 0 Å². The zero-order chi connectivity index (χ0) is 14.4. The Balaban J connectivity index is 2.86. The first kappa shape index (κ1) is 16.1. The molecule has 0 radical (unpaired) electrons. The minimum absolute atomic E-state index is 0.0843. The van der Waals surface area contributed by atoms with E-state index in [0.717, 1.165) is 18.7 Å². The third-order valence-electron chi connectivity index (χ3n) is 2.82. The predicted molar refractivity (Wildman–Crippen MR) is 80.4 cm³/mol. The van der Waals surface area contributed by atoms with E-state index in [2.05, 4.69) is 13.8 Å². The van der Waals surface area contributed by atoms with E-state index in [1.165, 1.54) is 0 Å². The van der Waals surface area contributed by atoms with Crippen LogP contribution in [0.3, 0.4) is 0 Å². The van der Waals surface area contributed by atoms with Crippen LogP contribution in [-0.4, -0.2) is 24.2 Å². The van der Waals surface area contributed by atoms with Crippen LogP contribution >= 0.6 is 23.2 Å². The van der Waals surface area contributed by atoms with Crippen LogP contribution in [0.4, 0.5) is 5.69 Å². The molecule has 0 aliphatic carbocycles. The average molecular weight is 304 g/mol. The van der Waals surface area contributed by atoms with Gasteiger partial charge in [0.05, 0.1) is 17.1 Å². The first-order chi connectivity index (χ1) is 8.90. The van der Waals surface area contributed by atoms with Gasteiger partial charge in [-0.05, 0) is 30.5 Å². The Labute approximate surface area is 124 Å². The van der Waals surface area contributed by atoms with Crippen LogP contribution in [0.15, 0.2) is 18.2 Å². The summed E-state index contributed by atoms with van der Waals surface area (Å²) in [6.07, 6.45) is 1.06. The van der Waals surface area contributed by atoms with E-state index in [4.69, 9.17) is 28.3 Å². The molecule has 19 heavy (non-hydrogen) atoms. The maximum Gasteiger partial charge on any atom is 0.305 e. The van der Waals surface area contributed by atoms with Crippen molar-refractivity contribution in [3.05, 3.63) is 28.2 Å². The van der Waals surface area contributed by atoms with Crippen molar-refractivity contribution in [2.75, 3.05) is 18.0 Å². The lowest BCUT2D eigenvalue weighted by Crippen LogP contribution is -2.28. The number of carboxylic acid groups (broad SMARTS) is 1. The minimum atomic E-state index is -0.812. The number of carbonyl (C=O) groups is 1. The number of benzene rings is 1. The predicted octanol–water partition coefficient (Wildman–Crippen LogP) is 4.32. The molecule has 0 unspecified atom stereocenters. The maximum absolute atomic E-state index is 10.7. The zero-order valence-electron chi connectivity index (χ0n) is 11.2. The Hall–Kier alpha value is -0.930. The summed E-state index contributed by atoms with van der Waals surface area (Å²) >= 11 is 12.2. The van der Waals surface area contributed by atoms with Crippen molar-refractivity contribution in [3.8, 4) is 0 Å². The molecule has 0 atom stereocenters. The fourth-order valence-electron chi connectivity index (χ4n) is 1.73. The molecular formula is C14H19Cl2NO2. The van der Waals surface area contributed by atoms with Crippen LogP contribution in [0.1, 0.15) is 26.7 Å². The van der Waals surface area contributed by atoms with Crippen molar-refractivity contribution in [2.24, 2.45) is 5.92 Å². The molecule has 1 N–H and O–H groups in total. The lowest BCUT2D eigenvalue weighted by Gasteiger charge is -2.26. The molecule has 3 nitrogen and oxygen atoms in total. The fourth-order valence-corrected chi connectivity index (χ4v) is 2.13. The van der Waals surface area contributed by atoms with Crippen molar-refractivity contribution in [1.82, 2.24) is 0 Å².